The normalized spacial score (nSPS) is 11.5. The number of carbonyl (C=O) groups excluding carboxylic acids is 1. The smallest absolute Gasteiger partial charge is 0.333 e. The highest BCUT2D eigenvalue weighted by atomic mass is 16.5. The quantitative estimate of drug-likeness (QED) is 0.847. The monoisotopic (exact) mass is 272 g/mol. The molecule has 1 aromatic carbocycles. The first-order valence-corrected chi connectivity index (χ1v) is 6.13. The van der Waals surface area contributed by atoms with Crippen LogP contribution in [0.15, 0.2) is 48.8 Å². The molecule has 0 radical (unpaired) electrons. The first-order chi connectivity index (χ1) is 9.74. The van der Waals surface area contributed by atoms with E-state index in [-0.39, 0.29) is 5.97 Å². The molecule has 1 N–H and O–H groups in total. The van der Waals surface area contributed by atoms with Crippen molar-refractivity contribution in [2.45, 2.75) is 6.04 Å². The average Bonchev–Trinajstić information content (AvgIpc) is 2.53. The maximum Gasteiger partial charge on any atom is 0.333 e. The lowest BCUT2D eigenvalue weighted by Gasteiger charge is -2.17. The van der Waals surface area contributed by atoms with Crippen LogP contribution in [0.1, 0.15) is 11.6 Å². The molecule has 0 amide bonds. The molecule has 0 aliphatic heterocycles. The molecule has 1 aromatic heterocycles. The Balaban J connectivity index is 2.21. The summed E-state index contributed by atoms with van der Waals surface area (Å²) in [5.41, 5.74) is 1.54. The number of rotatable bonds is 5. The van der Waals surface area contributed by atoms with Crippen molar-refractivity contribution in [3.63, 3.8) is 0 Å². The molecule has 0 saturated carbocycles. The van der Waals surface area contributed by atoms with Crippen molar-refractivity contribution in [1.82, 2.24) is 4.98 Å². The summed E-state index contributed by atoms with van der Waals surface area (Å²) in [5.74, 6) is 0.389. The van der Waals surface area contributed by atoms with Crippen molar-refractivity contribution >= 4 is 11.7 Å². The Morgan fingerprint density at radius 3 is 2.50 bits per heavy atom. The Kier molecular flexibility index (Phi) is 4.55. The second kappa shape index (κ2) is 6.56. The molecule has 0 bridgehead atoms. The first-order valence-electron chi connectivity index (χ1n) is 6.13. The number of esters is 1. The van der Waals surface area contributed by atoms with Crippen LogP contribution in [0.3, 0.4) is 0 Å². The maximum atomic E-state index is 11.9. The van der Waals surface area contributed by atoms with Crippen LogP contribution in [0.2, 0.25) is 0 Å². The molecule has 2 aromatic rings. The van der Waals surface area contributed by atoms with Gasteiger partial charge in [-0.2, -0.15) is 0 Å². The van der Waals surface area contributed by atoms with Crippen LogP contribution in [0, 0.1) is 0 Å². The molecule has 5 nitrogen and oxygen atoms in total. The molecule has 1 atom stereocenters. The highest BCUT2D eigenvalue weighted by Gasteiger charge is 2.21. The van der Waals surface area contributed by atoms with Gasteiger partial charge in [0.1, 0.15) is 5.75 Å². The number of nitrogens with zero attached hydrogens (tertiary/aromatic N) is 1. The molecule has 0 fully saturated rings. The van der Waals surface area contributed by atoms with Crippen LogP contribution in [-0.2, 0) is 9.53 Å². The third-order valence-corrected chi connectivity index (χ3v) is 2.86. The van der Waals surface area contributed by atoms with Crippen LogP contribution in [0.25, 0.3) is 0 Å². The molecule has 5 heteroatoms. The topological polar surface area (TPSA) is 60.5 Å². The fraction of sp³-hybridized carbons (Fsp3) is 0.200. The number of hydrogen-bond donors (Lipinski definition) is 1. The number of hydrogen-bond acceptors (Lipinski definition) is 5. The molecule has 0 aliphatic rings. The van der Waals surface area contributed by atoms with E-state index in [0.29, 0.717) is 0 Å². The van der Waals surface area contributed by atoms with E-state index >= 15 is 0 Å². The van der Waals surface area contributed by atoms with Gasteiger partial charge in [-0.25, -0.2) is 4.79 Å². The highest BCUT2D eigenvalue weighted by molar-refractivity contribution is 5.80. The SMILES string of the molecule is COC(=O)C(Nc1ccc(OC)cc1)c1cccnc1. The summed E-state index contributed by atoms with van der Waals surface area (Å²) < 4.78 is 9.93. The minimum atomic E-state index is -0.595. The van der Waals surface area contributed by atoms with Gasteiger partial charge in [-0.15, -0.1) is 0 Å². The van der Waals surface area contributed by atoms with Gasteiger partial charge in [-0.05, 0) is 30.3 Å². The second-order valence-corrected chi connectivity index (χ2v) is 4.12. The van der Waals surface area contributed by atoms with E-state index in [2.05, 4.69) is 10.3 Å². The summed E-state index contributed by atoms with van der Waals surface area (Å²) >= 11 is 0. The summed E-state index contributed by atoms with van der Waals surface area (Å²) in [4.78, 5) is 15.9. The van der Waals surface area contributed by atoms with Gasteiger partial charge in [0.25, 0.3) is 0 Å². The van der Waals surface area contributed by atoms with Gasteiger partial charge in [0.15, 0.2) is 6.04 Å². The lowest BCUT2D eigenvalue weighted by Crippen LogP contribution is -2.22. The van der Waals surface area contributed by atoms with E-state index < -0.39 is 6.04 Å². The minimum absolute atomic E-state index is 0.367. The van der Waals surface area contributed by atoms with E-state index in [4.69, 9.17) is 9.47 Å². The molecule has 0 aliphatic carbocycles. The summed E-state index contributed by atoms with van der Waals surface area (Å²) in [6.07, 6.45) is 3.29. The number of aromatic nitrogens is 1. The molecule has 0 spiro atoms. The van der Waals surface area contributed by atoms with Gasteiger partial charge in [0.05, 0.1) is 14.2 Å². The lowest BCUT2D eigenvalue weighted by atomic mass is 10.1. The standard InChI is InChI=1S/C15H16N2O3/c1-19-13-7-5-12(6-8-13)17-14(15(18)20-2)11-4-3-9-16-10-11/h3-10,14,17H,1-2H3. The van der Waals surface area contributed by atoms with Crippen LogP contribution < -0.4 is 10.1 Å². The third-order valence-electron chi connectivity index (χ3n) is 2.86. The van der Waals surface area contributed by atoms with E-state index in [1.807, 2.05) is 30.3 Å². The van der Waals surface area contributed by atoms with E-state index in [0.717, 1.165) is 17.0 Å². The van der Waals surface area contributed by atoms with Crippen molar-refractivity contribution in [2.75, 3.05) is 19.5 Å². The molecule has 2 rings (SSSR count). The van der Waals surface area contributed by atoms with Gasteiger partial charge < -0.3 is 14.8 Å². The van der Waals surface area contributed by atoms with Crippen molar-refractivity contribution < 1.29 is 14.3 Å². The van der Waals surface area contributed by atoms with Crippen LogP contribution in [-0.4, -0.2) is 25.2 Å². The Bertz CT molecular complexity index is 555. The molecule has 1 unspecified atom stereocenters. The molecule has 20 heavy (non-hydrogen) atoms. The zero-order valence-electron chi connectivity index (χ0n) is 11.4. The fourth-order valence-corrected chi connectivity index (χ4v) is 1.80. The Morgan fingerprint density at radius 1 is 1.20 bits per heavy atom. The van der Waals surface area contributed by atoms with Crippen molar-refractivity contribution in [2.24, 2.45) is 0 Å². The molecule has 1 heterocycles. The number of anilines is 1. The number of benzene rings is 1. The number of ether oxygens (including phenoxy) is 2. The van der Waals surface area contributed by atoms with Gasteiger partial charge in [-0.1, -0.05) is 6.07 Å². The van der Waals surface area contributed by atoms with Crippen LogP contribution in [0.5, 0.6) is 5.75 Å². The third kappa shape index (κ3) is 3.26. The van der Waals surface area contributed by atoms with Gasteiger partial charge >= 0.3 is 5.97 Å². The number of carbonyl (C=O) groups is 1. The van der Waals surface area contributed by atoms with Crippen molar-refractivity contribution in [3.05, 3.63) is 54.4 Å². The number of methoxy groups -OCH3 is 2. The van der Waals surface area contributed by atoms with E-state index in [1.54, 1.807) is 25.6 Å². The van der Waals surface area contributed by atoms with Gasteiger partial charge in [-0.3, -0.25) is 4.98 Å². The average molecular weight is 272 g/mol. The summed E-state index contributed by atoms with van der Waals surface area (Å²) in [6, 6.07) is 10.3. The van der Waals surface area contributed by atoms with E-state index in [1.165, 1.54) is 7.11 Å². The number of nitrogens with one attached hydrogen (secondary N) is 1. The van der Waals surface area contributed by atoms with Crippen molar-refractivity contribution in [1.29, 1.82) is 0 Å². The summed E-state index contributed by atoms with van der Waals surface area (Å²) in [6.45, 7) is 0. The zero-order valence-corrected chi connectivity index (χ0v) is 11.4. The van der Waals surface area contributed by atoms with E-state index in [9.17, 15) is 4.79 Å². The maximum absolute atomic E-state index is 11.9. The number of pyridine rings is 1. The van der Waals surface area contributed by atoms with Gasteiger partial charge in [0, 0.05) is 23.6 Å². The summed E-state index contributed by atoms with van der Waals surface area (Å²) in [5, 5.41) is 3.13. The van der Waals surface area contributed by atoms with Crippen molar-refractivity contribution in [3.8, 4) is 5.75 Å². The summed E-state index contributed by atoms with van der Waals surface area (Å²) in [7, 11) is 2.97. The molecule has 0 saturated heterocycles. The largest absolute Gasteiger partial charge is 0.497 e. The minimum Gasteiger partial charge on any atom is -0.497 e. The highest BCUT2D eigenvalue weighted by Crippen LogP contribution is 2.22. The first kappa shape index (κ1) is 13.9. The Morgan fingerprint density at radius 2 is 1.95 bits per heavy atom. The predicted molar refractivity (Wildman–Crippen MR) is 75.6 cm³/mol. The van der Waals surface area contributed by atoms with Crippen LogP contribution >= 0.6 is 0 Å². The molecule has 104 valence electrons. The Hall–Kier alpha value is -2.56. The van der Waals surface area contributed by atoms with Gasteiger partial charge in [0.2, 0.25) is 0 Å². The predicted octanol–water partition coefficient (Wildman–Crippen LogP) is 2.42. The fourth-order valence-electron chi connectivity index (χ4n) is 1.80. The molecular weight excluding hydrogens is 256 g/mol. The Labute approximate surface area is 117 Å². The van der Waals surface area contributed by atoms with Crippen LogP contribution in [0.4, 0.5) is 5.69 Å². The zero-order chi connectivity index (χ0) is 14.4. The second-order valence-electron chi connectivity index (χ2n) is 4.12. The molecular formula is C15H16N2O3. The lowest BCUT2D eigenvalue weighted by molar-refractivity contribution is -0.141.